The van der Waals surface area contributed by atoms with Crippen LogP contribution in [-0.2, 0) is 13.1 Å². The number of rotatable bonds is 3. The molecule has 23 heavy (non-hydrogen) atoms. The smallest absolute Gasteiger partial charge is 0.300 e. The lowest BCUT2D eigenvalue weighted by atomic mass is 10.3. The highest BCUT2D eigenvalue weighted by molar-refractivity contribution is 9.10. The average molecular weight is 389 g/mol. The van der Waals surface area contributed by atoms with Crippen LogP contribution in [0.5, 0.6) is 0 Å². The second-order valence-electron chi connectivity index (χ2n) is 4.76. The highest BCUT2D eigenvalue weighted by atomic mass is 79.9. The van der Waals surface area contributed by atoms with Gasteiger partial charge in [0.15, 0.2) is 10.5 Å². The first-order chi connectivity index (χ1) is 11.1. The molecule has 5 nitrogen and oxygen atoms in total. The molecular weight excluding hydrogens is 376 g/mol. The molecule has 0 aliphatic carbocycles. The van der Waals surface area contributed by atoms with Gasteiger partial charge in [-0.3, -0.25) is 9.48 Å². The zero-order valence-corrected chi connectivity index (χ0v) is 14.8. The van der Waals surface area contributed by atoms with Gasteiger partial charge < -0.3 is 4.57 Å². The number of aromatic nitrogens is 3. The molecule has 2 aromatic heterocycles. The van der Waals surface area contributed by atoms with E-state index in [2.05, 4.69) is 31.9 Å². The minimum Gasteiger partial charge on any atom is -0.305 e. The van der Waals surface area contributed by atoms with Crippen molar-refractivity contribution in [3.8, 4) is 12.3 Å². The first-order valence-corrected chi connectivity index (χ1v) is 8.58. The predicted molar refractivity (Wildman–Crippen MR) is 94.1 cm³/mol. The molecule has 0 bridgehead atoms. The third-order valence-electron chi connectivity index (χ3n) is 3.28. The first kappa shape index (κ1) is 15.7. The number of amides is 1. The molecule has 3 rings (SSSR count). The number of aryl methyl sites for hydroxylation is 1. The Balaban J connectivity index is 2.12. The molecule has 1 amide bonds. The lowest BCUT2D eigenvalue weighted by molar-refractivity contribution is 0.0992. The largest absolute Gasteiger partial charge is 0.305 e. The number of thiazole rings is 1. The average Bonchev–Trinajstić information content (AvgIpc) is 3.13. The van der Waals surface area contributed by atoms with Crippen LogP contribution in [0.15, 0.2) is 39.9 Å². The molecule has 0 saturated heterocycles. The maximum atomic E-state index is 12.3. The topological polar surface area (TPSA) is 52.2 Å². The number of fused-ring (bicyclic) bond motifs is 1. The monoisotopic (exact) mass is 388 g/mol. The Morgan fingerprint density at radius 1 is 1.48 bits per heavy atom. The maximum Gasteiger partial charge on any atom is 0.300 e. The number of benzene rings is 1. The van der Waals surface area contributed by atoms with Gasteiger partial charge in [-0.25, -0.2) is 0 Å². The molecule has 0 aliphatic heterocycles. The predicted octanol–water partition coefficient (Wildman–Crippen LogP) is 3.06. The molecule has 3 aromatic rings. The van der Waals surface area contributed by atoms with Crippen LogP contribution in [-0.4, -0.2) is 20.3 Å². The van der Waals surface area contributed by atoms with E-state index in [0.717, 1.165) is 14.7 Å². The third kappa shape index (κ3) is 3.14. The zero-order chi connectivity index (χ0) is 16.4. The minimum absolute atomic E-state index is 0.331. The van der Waals surface area contributed by atoms with Crippen LogP contribution in [0.4, 0.5) is 0 Å². The highest BCUT2D eigenvalue weighted by Gasteiger charge is 2.11. The summed E-state index contributed by atoms with van der Waals surface area (Å²) in [5.41, 5.74) is 1.29. The van der Waals surface area contributed by atoms with Gasteiger partial charge >= 0.3 is 0 Å². The molecule has 7 heteroatoms. The van der Waals surface area contributed by atoms with E-state index in [4.69, 9.17) is 6.42 Å². The first-order valence-electron chi connectivity index (χ1n) is 6.97. The summed E-state index contributed by atoms with van der Waals surface area (Å²) in [4.78, 5) is 17.1. The normalized spacial score (nSPS) is 11.8. The fraction of sp³-hybridized carbons (Fsp3) is 0.188. The standard InChI is InChI=1S/C16H13BrN4OS/c1-3-8-21-13-6-5-11(17)10-14(13)23-16(21)18-15(22)12-7-9-20(4-2)19-12/h1,5-7,9-10H,4,8H2,2H3. The molecular formula is C16H13BrN4OS. The molecule has 0 atom stereocenters. The summed E-state index contributed by atoms with van der Waals surface area (Å²) in [6.07, 6.45) is 7.22. The van der Waals surface area contributed by atoms with Gasteiger partial charge in [-0.05, 0) is 31.2 Å². The van der Waals surface area contributed by atoms with Gasteiger partial charge in [-0.2, -0.15) is 10.1 Å². The van der Waals surface area contributed by atoms with Crippen molar-refractivity contribution in [2.24, 2.45) is 4.99 Å². The maximum absolute atomic E-state index is 12.3. The van der Waals surface area contributed by atoms with Crippen LogP contribution in [0.25, 0.3) is 10.2 Å². The summed E-state index contributed by atoms with van der Waals surface area (Å²) >= 11 is 4.88. The number of nitrogens with zero attached hydrogens (tertiary/aromatic N) is 4. The van der Waals surface area contributed by atoms with Crippen molar-refractivity contribution in [1.82, 2.24) is 14.3 Å². The molecule has 0 spiro atoms. The Hall–Kier alpha value is -2.17. The number of hydrogen-bond donors (Lipinski definition) is 0. The fourth-order valence-corrected chi connectivity index (χ4v) is 3.75. The van der Waals surface area contributed by atoms with E-state index in [0.29, 0.717) is 23.6 Å². The fourth-order valence-electron chi connectivity index (χ4n) is 2.17. The van der Waals surface area contributed by atoms with Gasteiger partial charge in [0.1, 0.15) is 0 Å². The molecule has 0 fully saturated rings. The Labute approximate surface area is 145 Å². The second kappa shape index (κ2) is 6.52. The summed E-state index contributed by atoms with van der Waals surface area (Å²) in [6.45, 7) is 3.03. The van der Waals surface area contributed by atoms with E-state index >= 15 is 0 Å². The van der Waals surface area contributed by atoms with E-state index in [1.165, 1.54) is 11.3 Å². The van der Waals surface area contributed by atoms with E-state index in [-0.39, 0.29) is 5.91 Å². The molecule has 0 N–H and O–H groups in total. The van der Waals surface area contributed by atoms with Crippen LogP contribution in [0.1, 0.15) is 17.4 Å². The molecule has 0 radical (unpaired) electrons. The lowest BCUT2D eigenvalue weighted by Gasteiger charge is -1.99. The SMILES string of the molecule is C#CCn1c(=NC(=O)c2ccn(CC)n2)sc2cc(Br)ccc21. The van der Waals surface area contributed by atoms with Crippen molar-refractivity contribution in [2.45, 2.75) is 20.0 Å². The molecule has 2 heterocycles. The summed E-state index contributed by atoms with van der Waals surface area (Å²) < 4.78 is 5.54. The van der Waals surface area contributed by atoms with Crippen molar-refractivity contribution >= 4 is 43.4 Å². The van der Waals surface area contributed by atoms with Gasteiger partial charge in [0, 0.05) is 17.2 Å². The Morgan fingerprint density at radius 3 is 3.00 bits per heavy atom. The number of halogens is 1. The number of carbonyl (C=O) groups is 1. The summed E-state index contributed by atoms with van der Waals surface area (Å²) in [6, 6.07) is 7.56. The van der Waals surface area contributed by atoms with Gasteiger partial charge in [0.25, 0.3) is 5.91 Å². The van der Waals surface area contributed by atoms with Crippen LogP contribution >= 0.6 is 27.3 Å². The number of hydrogen-bond acceptors (Lipinski definition) is 3. The Bertz CT molecular complexity index is 990. The van der Waals surface area contributed by atoms with Crippen molar-refractivity contribution in [3.05, 3.63) is 45.4 Å². The van der Waals surface area contributed by atoms with Crippen LogP contribution in [0.2, 0.25) is 0 Å². The van der Waals surface area contributed by atoms with Gasteiger partial charge in [-0.15, -0.1) is 6.42 Å². The van der Waals surface area contributed by atoms with Crippen molar-refractivity contribution in [2.75, 3.05) is 0 Å². The van der Waals surface area contributed by atoms with E-state index < -0.39 is 0 Å². The highest BCUT2D eigenvalue weighted by Crippen LogP contribution is 2.22. The summed E-state index contributed by atoms with van der Waals surface area (Å²) in [5.74, 6) is 2.24. The zero-order valence-electron chi connectivity index (χ0n) is 12.4. The quantitative estimate of drug-likeness (QED) is 0.647. The van der Waals surface area contributed by atoms with E-state index in [1.54, 1.807) is 16.9 Å². The van der Waals surface area contributed by atoms with Crippen molar-refractivity contribution < 1.29 is 4.79 Å². The van der Waals surface area contributed by atoms with Gasteiger partial charge in [0.05, 0.1) is 16.8 Å². The minimum atomic E-state index is -0.367. The number of terminal acetylenes is 1. The van der Waals surface area contributed by atoms with Gasteiger partial charge in [0.2, 0.25) is 0 Å². The summed E-state index contributed by atoms with van der Waals surface area (Å²) in [7, 11) is 0. The Morgan fingerprint density at radius 2 is 2.30 bits per heavy atom. The van der Waals surface area contributed by atoms with E-state index in [1.807, 2.05) is 29.7 Å². The van der Waals surface area contributed by atoms with Crippen LogP contribution in [0, 0.1) is 12.3 Å². The van der Waals surface area contributed by atoms with Crippen molar-refractivity contribution in [3.63, 3.8) is 0 Å². The molecule has 0 unspecified atom stereocenters. The van der Waals surface area contributed by atoms with Gasteiger partial charge in [-0.1, -0.05) is 33.2 Å². The molecule has 0 saturated carbocycles. The van der Waals surface area contributed by atoms with E-state index in [9.17, 15) is 4.79 Å². The second-order valence-corrected chi connectivity index (χ2v) is 6.69. The van der Waals surface area contributed by atoms with Crippen LogP contribution in [0.3, 0.4) is 0 Å². The van der Waals surface area contributed by atoms with Crippen LogP contribution < -0.4 is 4.80 Å². The lowest BCUT2D eigenvalue weighted by Crippen LogP contribution is -2.16. The number of carbonyl (C=O) groups excluding carboxylic acids is 1. The molecule has 1 aromatic carbocycles. The molecule has 116 valence electrons. The summed E-state index contributed by atoms with van der Waals surface area (Å²) in [5, 5.41) is 4.19. The molecule has 0 aliphatic rings. The van der Waals surface area contributed by atoms with Crippen molar-refractivity contribution in [1.29, 1.82) is 0 Å². The third-order valence-corrected chi connectivity index (χ3v) is 4.81. The Kier molecular flexibility index (Phi) is 4.46.